The van der Waals surface area contributed by atoms with Crippen LogP contribution in [0.1, 0.15) is 44.9 Å². The minimum Gasteiger partial charge on any atom is -0.396 e. The van der Waals surface area contributed by atoms with Crippen molar-refractivity contribution in [2.24, 2.45) is 10.8 Å². The molecule has 3 N–H and O–H groups in total. The van der Waals surface area contributed by atoms with Crippen LogP contribution in [0.15, 0.2) is 0 Å². The van der Waals surface area contributed by atoms with Crippen LogP contribution >= 0.6 is 37.9 Å². The number of thiol groups is 3. The summed E-state index contributed by atoms with van der Waals surface area (Å²) in [5.74, 6) is 0. The van der Waals surface area contributed by atoms with Gasteiger partial charge in [-0.25, -0.2) is 0 Å². The average Bonchev–Trinajstić information content (AvgIpc) is 2.52. The van der Waals surface area contributed by atoms with Crippen LogP contribution in [0.5, 0.6) is 0 Å². The van der Waals surface area contributed by atoms with E-state index in [9.17, 15) is 29.7 Å². The molecule has 0 aliphatic heterocycles. The Hall–Kier alpha value is -0.0600. The highest BCUT2D eigenvalue weighted by Crippen LogP contribution is 2.52. The van der Waals surface area contributed by atoms with Gasteiger partial charge in [0, 0.05) is 31.3 Å². The van der Waals surface area contributed by atoms with Crippen molar-refractivity contribution >= 4 is 53.2 Å². The molecule has 0 heterocycles. The number of hydrogen-bond acceptors (Lipinski definition) is 6. The lowest BCUT2D eigenvalue weighted by Crippen LogP contribution is -2.49. The third-order valence-corrected chi connectivity index (χ3v) is 5.44. The molecule has 0 fully saturated rings. The van der Waals surface area contributed by atoms with E-state index in [1.165, 1.54) is 0 Å². The first kappa shape index (κ1) is 23.9. The summed E-state index contributed by atoms with van der Waals surface area (Å²) in [5.41, 5.74) is -2.05. The number of hydrogen-bond donors (Lipinski definition) is 6. The molecule has 140 valence electrons. The fourth-order valence-corrected chi connectivity index (χ4v) is 3.57. The van der Waals surface area contributed by atoms with Crippen molar-refractivity contribution in [1.82, 2.24) is 0 Å². The number of rotatable bonds is 14. The molecule has 0 saturated heterocycles. The zero-order chi connectivity index (χ0) is 18.8. The van der Waals surface area contributed by atoms with Crippen molar-refractivity contribution in [1.29, 1.82) is 0 Å². The van der Waals surface area contributed by atoms with E-state index in [1.807, 2.05) is 0 Å². The van der Waals surface area contributed by atoms with E-state index < -0.39 is 24.0 Å². The van der Waals surface area contributed by atoms with Gasteiger partial charge >= 0.3 is 0 Å². The largest absolute Gasteiger partial charge is 0.396 e. The van der Waals surface area contributed by atoms with E-state index in [4.69, 9.17) is 0 Å². The van der Waals surface area contributed by atoms with Crippen LogP contribution in [0.4, 0.5) is 0 Å². The molecule has 0 atom stereocenters. The van der Waals surface area contributed by atoms with Gasteiger partial charge in [0.2, 0.25) is 0 Å². The van der Waals surface area contributed by atoms with Gasteiger partial charge in [0.1, 0.15) is 0 Å². The van der Waals surface area contributed by atoms with Crippen molar-refractivity contribution in [3.05, 3.63) is 0 Å². The Balaban J connectivity index is 5.90. The van der Waals surface area contributed by atoms with Crippen LogP contribution in [0, 0.1) is 10.8 Å². The highest BCUT2D eigenvalue weighted by Gasteiger charge is 2.49. The summed E-state index contributed by atoms with van der Waals surface area (Å²) in [5, 5.41) is 28.2. The van der Waals surface area contributed by atoms with Crippen LogP contribution in [0.25, 0.3) is 0 Å². The lowest BCUT2D eigenvalue weighted by molar-refractivity contribution is -0.121. The zero-order valence-corrected chi connectivity index (χ0v) is 16.2. The molecule has 0 unspecified atom stereocenters. The summed E-state index contributed by atoms with van der Waals surface area (Å²) in [6.45, 7) is -1.19. The second kappa shape index (κ2) is 11.5. The van der Waals surface area contributed by atoms with Crippen molar-refractivity contribution in [3.8, 4) is 0 Å². The standard InChI is InChI=1S/C15H26O6S3/c16-8-7-15(9-17,10-18)14(4-1-11(19)22,5-2-12(20)23)6-3-13(21)24/h16-18H,1-10H2,(H,19,22)(H,20,23)(H,21,24). The topological polar surface area (TPSA) is 112 Å². The van der Waals surface area contributed by atoms with E-state index in [0.29, 0.717) is 0 Å². The van der Waals surface area contributed by atoms with Crippen LogP contribution < -0.4 is 0 Å². The molecule has 0 aromatic carbocycles. The first-order valence-electron chi connectivity index (χ1n) is 7.66. The molecule has 0 saturated carbocycles. The van der Waals surface area contributed by atoms with Gasteiger partial charge in [0.25, 0.3) is 0 Å². The predicted molar refractivity (Wildman–Crippen MR) is 100 cm³/mol. The van der Waals surface area contributed by atoms with Crippen LogP contribution in [0.3, 0.4) is 0 Å². The predicted octanol–water partition coefficient (Wildman–Crippen LogP) is 1.04. The van der Waals surface area contributed by atoms with E-state index >= 15 is 0 Å². The molecule has 0 aliphatic carbocycles. The first-order valence-corrected chi connectivity index (χ1v) is 9.01. The third kappa shape index (κ3) is 7.05. The van der Waals surface area contributed by atoms with Crippen LogP contribution in [-0.4, -0.2) is 50.5 Å². The number of carbonyl (C=O) groups excluding carboxylic acids is 3. The summed E-state index contributed by atoms with van der Waals surface area (Å²) in [7, 11) is 0. The van der Waals surface area contributed by atoms with Gasteiger partial charge in [0.15, 0.2) is 15.3 Å². The van der Waals surface area contributed by atoms with E-state index in [-0.39, 0.29) is 66.9 Å². The Morgan fingerprint density at radius 3 is 1.17 bits per heavy atom. The average molecular weight is 399 g/mol. The molecule has 0 bridgehead atoms. The Morgan fingerprint density at radius 2 is 0.958 bits per heavy atom. The molecular weight excluding hydrogens is 372 g/mol. The maximum atomic E-state index is 11.4. The van der Waals surface area contributed by atoms with E-state index in [2.05, 4.69) is 37.9 Å². The Labute approximate surface area is 158 Å². The van der Waals surface area contributed by atoms with Crippen molar-refractivity contribution in [2.75, 3.05) is 19.8 Å². The molecular formula is C15H26O6S3. The fraction of sp³-hybridized carbons (Fsp3) is 0.800. The summed E-state index contributed by atoms with van der Waals surface area (Å²) in [4.78, 5) is 34.1. The quantitative estimate of drug-likeness (QED) is 0.244. The maximum absolute atomic E-state index is 11.4. The molecule has 6 nitrogen and oxygen atoms in total. The fourth-order valence-electron chi connectivity index (χ4n) is 3.23. The summed E-state index contributed by atoms with van der Waals surface area (Å²) < 4.78 is 0. The highest BCUT2D eigenvalue weighted by atomic mass is 32.1. The Morgan fingerprint density at radius 1 is 0.625 bits per heavy atom. The second-order valence-corrected chi connectivity index (χ2v) is 7.53. The molecule has 0 radical (unpaired) electrons. The lowest BCUT2D eigenvalue weighted by atomic mass is 9.56. The molecule has 0 aliphatic rings. The lowest BCUT2D eigenvalue weighted by Gasteiger charge is -2.49. The van der Waals surface area contributed by atoms with Gasteiger partial charge in [0.05, 0.1) is 13.2 Å². The summed E-state index contributed by atoms with van der Waals surface area (Å²) >= 11 is 11.3. The van der Waals surface area contributed by atoms with Crippen LogP contribution in [-0.2, 0) is 14.4 Å². The Kier molecular flexibility index (Phi) is 11.5. The van der Waals surface area contributed by atoms with Gasteiger partial charge in [-0.05, 0) is 31.1 Å². The molecule has 9 heteroatoms. The monoisotopic (exact) mass is 398 g/mol. The Bertz CT molecular complexity index is 391. The smallest absolute Gasteiger partial charge is 0.185 e. The molecule has 24 heavy (non-hydrogen) atoms. The molecule has 0 rings (SSSR count). The normalized spacial score (nSPS) is 12.2. The van der Waals surface area contributed by atoms with Gasteiger partial charge in [-0.2, -0.15) is 0 Å². The molecule has 0 aromatic heterocycles. The molecule has 0 spiro atoms. The SMILES string of the molecule is O=C(S)CCC(CCC(=O)S)(CCC(=O)S)C(CO)(CO)CCO. The number of carbonyl (C=O) groups is 3. The van der Waals surface area contributed by atoms with Crippen molar-refractivity contribution in [2.45, 2.75) is 44.9 Å². The number of aliphatic hydroxyl groups excluding tert-OH is 3. The van der Waals surface area contributed by atoms with Crippen LogP contribution in [0.2, 0.25) is 0 Å². The highest BCUT2D eigenvalue weighted by molar-refractivity contribution is 7.97. The molecule has 0 amide bonds. The van der Waals surface area contributed by atoms with E-state index in [0.717, 1.165) is 0 Å². The summed E-state index contributed by atoms with van der Waals surface area (Å²) in [6.07, 6.45) is 0.894. The summed E-state index contributed by atoms with van der Waals surface area (Å²) in [6, 6.07) is 0. The van der Waals surface area contributed by atoms with Crippen molar-refractivity contribution in [3.63, 3.8) is 0 Å². The number of aliphatic hydroxyl groups is 3. The zero-order valence-electron chi connectivity index (χ0n) is 13.5. The third-order valence-electron chi connectivity index (χ3n) is 4.77. The maximum Gasteiger partial charge on any atom is 0.185 e. The second-order valence-electron chi connectivity index (χ2n) is 6.03. The van der Waals surface area contributed by atoms with Gasteiger partial charge < -0.3 is 15.3 Å². The first-order chi connectivity index (χ1) is 11.2. The minimum atomic E-state index is -1.14. The van der Waals surface area contributed by atoms with Gasteiger partial charge in [-0.15, -0.1) is 37.9 Å². The minimum absolute atomic E-state index is 0.0534. The van der Waals surface area contributed by atoms with Crippen molar-refractivity contribution < 1.29 is 29.7 Å². The van der Waals surface area contributed by atoms with Gasteiger partial charge in [-0.3, -0.25) is 14.4 Å². The van der Waals surface area contributed by atoms with Gasteiger partial charge in [-0.1, -0.05) is 0 Å². The van der Waals surface area contributed by atoms with E-state index in [1.54, 1.807) is 0 Å². The molecule has 0 aromatic rings.